The number of amides is 7. The first-order chi connectivity index (χ1) is 31.2. The third-order valence-electron chi connectivity index (χ3n) is 13.3. The fourth-order valence-corrected chi connectivity index (χ4v) is 9.74. The standard InChI is InChI=1S/C44H49F2N11O8/c1-52-32-22-47-43(51-37(32)56(27-5-2-3-6-27)24-44(45,46)42(52)65)49-29-10-9-25(21-33(29)58)38(61)48-26-13-15-55(16-14-26)35(60)23-53-17-19-54(20-18-53)30-8-4-7-28-36(30)41(64)57(40(28)63)31-11-12-34(59)50-39(31)62/h4,7-10,21-22,26-27,31,58H,2-3,5-6,11-20,23-24H2,1H3,(H,48,61)(H,47,49,51)(H,50,59,62). The number of fused-ring (bicyclic) bond motifs is 2. The molecule has 1 atom stereocenters. The van der Waals surface area contributed by atoms with Crippen molar-refractivity contribution >= 4 is 70.2 Å². The lowest BCUT2D eigenvalue weighted by Crippen LogP contribution is -2.54. The first-order valence-corrected chi connectivity index (χ1v) is 22.0. The normalized spacial score (nSPS) is 21.9. The molecule has 5 aliphatic heterocycles. The van der Waals surface area contributed by atoms with E-state index in [9.17, 15) is 47.4 Å². The molecule has 0 spiro atoms. The molecule has 3 aromatic rings. The van der Waals surface area contributed by atoms with Crippen LogP contribution in [0.3, 0.4) is 0 Å². The van der Waals surface area contributed by atoms with Crippen molar-refractivity contribution in [2.75, 3.05) is 79.4 Å². The van der Waals surface area contributed by atoms with Gasteiger partial charge in [-0.15, -0.1) is 0 Å². The molecular formula is C44H49F2N11O8. The van der Waals surface area contributed by atoms with E-state index < -0.39 is 54.0 Å². The minimum absolute atomic E-state index is 0.0157. The maximum Gasteiger partial charge on any atom is 0.342 e. The van der Waals surface area contributed by atoms with Crippen molar-refractivity contribution in [3.05, 3.63) is 59.3 Å². The number of phenolic OH excluding ortho intramolecular Hbond substituents is 1. The SMILES string of the molecule is CN1C(=O)C(F)(F)CN(C2CCCC2)c2nc(Nc3ccc(C(=O)NC4CCN(C(=O)CN5CCN(c6cccc7c6C(=O)N(C6CCC(=O)NC6=O)C7=O)CC5)CC4)cc3O)ncc21. The van der Waals surface area contributed by atoms with E-state index in [2.05, 4.69) is 25.9 Å². The number of piperazine rings is 1. The first kappa shape index (κ1) is 43.5. The van der Waals surface area contributed by atoms with Gasteiger partial charge in [0.25, 0.3) is 23.6 Å². The number of hydrogen-bond acceptors (Lipinski definition) is 14. The van der Waals surface area contributed by atoms with Crippen LogP contribution >= 0.6 is 0 Å². The zero-order valence-electron chi connectivity index (χ0n) is 35.7. The molecule has 7 amide bonds. The number of likely N-dealkylation sites (tertiary alicyclic amines) is 1. The summed E-state index contributed by atoms with van der Waals surface area (Å²) in [5.74, 6) is -7.70. The number of benzene rings is 2. The zero-order valence-corrected chi connectivity index (χ0v) is 35.7. The smallest absolute Gasteiger partial charge is 0.342 e. The van der Waals surface area contributed by atoms with E-state index >= 15 is 0 Å². The second kappa shape index (κ2) is 17.3. The number of aromatic hydroxyl groups is 1. The van der Waals surface area contributed by atoms with Gasteiger partial charge in [-0.1, -0.05) is 18.9 Å². The van der Waals surface area contributed by atoms with E-state index in [-0.39, 0.29) is 83.0 Å². The lowest BCUT2D eigenvalue weighted by atomic mass is 10.0. The minimum Gasteiger partial charge on any atom is -0.506 e. The van der Waals surface area contributed by atoms with E-state index in [0.29, 0.717) is 70.6 Å². The number of halogens is 2. The van der Waals surface area contributed by atoms with Gasteiger partial charge in [0.1, 0.15) is 17.5 Å². The number of nitrogens with one attached hydrogen (secondary N) is 3. The van der Waals surface area contributed by atoms with Crippen molar-refractivity contribution in [1.29, 1.82) is 0 Å². The summed E-state index contributed by atoms with van der Waals surface area (Å²) in [6.45, 7) is 2.32. The second-order valence-corrected chi connectivity index (χ2v) is 17.4. The number of nitrogens with zero attached hydrogens (tertiary/aromatic N) is 8. The average molecular weight is 898 g/mol. The molecule has 4 fully saturated rings. The van der Waals surface area contributed by atoms with Gasteiger partial charge in [-0.2, -0.15) is 13.8 Å². The molecule has 3 saturated heterocycles. The monoisotopic (exact) mass is 897 g/mol. The molecule has 2 aromatic carbocycles. The molecule has 0 bridgehead atoms. The van der Waals surface area contributed by atoms with Gasteiger partial charge in [0, 0.05) is 70.4 Å². The Morgan fingerprint density at radius 1 is 0.908 bits per heavy atom. The third-order valence-corrected chi connectivity index (χ3v) is 13.3. The fraction of sp³-hybridized carbons (Fsp3) is 0.477. The number of piperidine rings is 2. The number of imide groups is 2. The van der Waals surface area contributed by atoms with Crippen LogP contribution in [0.4, 0.5) is 37.6 Å². The minimum atomic E-state index is -3.62. The Kier molecular flexibility index (Phi) is 11.6. The van der Waals surface area contributed by atoms with E-state index in [0.717, 1.165) is 22.6 Å². The summed E-state index contributed by atoms with van der Waals surface area (Å²) in [6, 6.07) is 7.87. The fourth-order valence-electron chi connectivity index (χ4n) is 9.74. The molecule has 1 saturated carbocycles. The summed E-state index contributed by atoms with van der Waals surface area (Å²) in [5.41, 5.74) is 1.57. The Morgan fingerprint density at radius 2 is 1.65 bits per heavy atom. The summed E-state index contributed by atoms with van der Waals surface area (Å²) in [6.07, 6.45) is 5.60. The highest BCUT2D eigenvalue weighted by Gasteiger charge is 2.49. The molecule has 342 valence electrons. The molecule has 4 N–H and O–H groups in total. The van der Waals surface area contributed by atoms with Crippen molar-refractivity contribution in [1.82, 2.24) is 35.3 Å². The quantitative estimate of drug-likeness (QED) is 0.179. The lowest BCUT2D eigenvalue weighted by molar-refractivity contribution is -0.140. The van der Waals surface area contributed by atoms with Crippen molar-refractivity contribution in [3.63, 3.8) is 0 Å². The van der Waals surface area contributed by atoms with Crippen molar-refractivity contribution in [3.8, 4) is 5.75 Å². The van der Waals surface area contributed by atoms with Gasteiger partial charge in [0.2, 0.25) is 23.7 Å². The molecule has 21 heteroatoms. The molecule has 1 unspecified atom stereocenters. The van der Waals surface area contributed by atoms with Crippen LogP contribution in [0.2, 0.25) is 0 Å². The number of alkyl halides is 2. The van der Waals surface area contributed by atoms with Crippen LogP contribution in [-0.2, 0) is 19.2 Å². The molecule has 6 aliphatic rings. The van der Waals surface area contributed by atoms with Gasteiger partial charge >= 0.3 is 5.92 Å². The van der Waals surface area contributed by atoms with Crippen molar-refractivity contribution in [2.45, 2.75) is 75.4 Å². The third kappa shape index (κ3) is 8.39. The first-order valence-electron chi connectivity index (χ1n) is 22.0. The highest BCUT2D eigenvalue weighted by molar-refractivity contribution is 6.25. The summed E-state index contributed by atoms with van der Waals surface area (Å²) in [4.78, 5) is 108. The van der Waals surface area contributed by atoms with Gasteiger partial charge < -0.3 is 35.3 Å². The number of phenols is 1. The van der Waals surface area contributed by atoms with Gasteiger partial charge in [-0.3, -0.25) is 48.7 Å². The number of aromatic nitrogens is 2. The Bertz CT molecular complexity index is 2470. The average Bonchev–Trinajstić information content (AvgIpc) is 3.91. The largest absolute Gasteiger partial charge is 0.506 e. The van der Waals surface area contributed by atoms with E-state index in [1.807, 2.05) is 9.80 Å². The topological polar surface area (TPSA) is 221 Å². The van der Waals surface area contributed by atoms with Crippen LogP contribution in [0.15, 0.2) is 42.6 Å². The summed E-state index contributed by atoms with van der Waals surface area (Å²) < 4.78 is 30.0. The van der Waals surface area contributed by atoms with Crippen LogP contribution in [0, 0.1) is 0 Å². The highest BCUT2D eigenvalue weighted by atomic mass is 19.3. The van der Waals surface area contributed by atoms with Gasteiger partial charge in [0.15, 0.2) is 5.82 Å². The summed E-state index contributed by atoms with van der Waals surface area (Å²) in [5, 5.41) is 19.1. The van der Waals surface area contributed by atoms with E-state index in [1.165, 1.54) is 36.3 Å². The second-order valence-electron chi connectivity index (χ2n) is 17.4. The molecule has 1 aliphatic carbocycles. The van der Waals surface area contributed by atoms with Crippen molar-refractivity contribution < 1.29 is 47.4 Å². The molecule has 1 aromatic heterocycles. The molecule has 6 heterocycles. The van der Waals surface area contributed by atoms with Crippen LogP contribution in [0.1, 0.15) is 82.4 Å². The predicted molar refractivity (Wildman–Crippen MR) is 230 cm³/mol. The zero-order chi connectivity index (χ0) is 45.7. The van der Waals surface area contributed by atoms with Gasteiger partial charge in [0.05, 0.1) is 41.8 Å². The van der Waals surface area contributed by atoms with Crippen LogP contribution in [0.25, 0.3) is 0 Å². The number of anilines is 5. The van der Waals surface area contributed by atoms with Crippen LogP contribution in [0.5, 0.6) is 5.75 Å². The number of rotatable bonds is 9. The molecule has 19 nitrogen and oxygen atoms in total. The van der Waals surface area contributed by atoms with Gasteiger partial charge in [-0.25, -0.2) is 4.98 Å². The Hall–Kier alpha value is -6.77. The molecule has 9 rings (SSSR count). The molecule has 0 radical (unpaired) electrons. The maximum atomic E-state index is 15.0. The number of carbonyl (C=O) groups excluding carboxylic acids is 7. The highest BCUT2D eigenvalue weighted by Crippen LogP contribution is 2.40. The van der Waals surface area contributed by atoms with Crippen LogP contribution < -0.4 is 30.7 Å². The molecular weight excluding hydrogens is 849 g/mol. The number of carbonyl (C=O) groups is 7. The van der Waals surface area contributed by atoms with Crippen LogP contribution in [-0.4, -0.2) is 155 Å². The lowest BCUT2D eigenvalue weighted by Gasteiger charge is -2.38. The maximum absolute atomic E-state index is 15.0. The Morgan fingerprint density at radius 3 is 2.35 bits per heavy atom. The Balaban J connectivity index is 0.754. The summed E-state index contributed by atoms with van der Waals surface area (Å²) >= 11 is 0. The predicted octanol–water partition coefficient (Wildman–Crippen LogP) is 2.23. The summed E-state index contributed by atoms with van der Waals surface area (Å²) in [7, 11) is 1.27. The van der Waals surface area contributed by atoms with E-state index in [1.54, 1.807) is 23.1 Å². The van der Waals surface area contributed by atoms with Crippen molar-refractivity contribution in [2.24, 2.45) is 0 Å². The Labute approximate surface area is 372 Å². The molecule has 65 heavy (non-hydrogen) atoms. The van der Waals surface area contributed by atoms with E-state index in [4.69, 9.17) is 0 Å². The van der Waals surface area contributed by atoms with Gasteiger partial charge in [-0.05, 0) is 62.4 Å². The number of hydrogen-bond donors (Lipinski definition) is 4.